The fraction of sp³-hybridized carbons (Fsp3) is 0.0811. The summed E-state index contributed by atoms with van der Waals surface area (Å²) in [6.07, 6.45) is 8.75. The third-order valence-electron chi connectivity index (χ3n) is 7.18. The summed E-state index contributed by atoms with van der Waals surface area (Å²) >= 11 is 0. The van der Waals surface area contributed by atoms with Crippen molar-refractivity contribution in [2.75, 3.05) is 9.80 Å². The molecule has 0 saturated heterocycles. The van der Waals surface area contributed by atoms with Crippen LogP contribution in [0.2, 0.25) is 0 Å². The molecule has 0 N–H and O–H groups in total. The normalized spacial score (nSPS) is 12.6. The summed E-state index contributed by atoms with van der Waals surface area (Å²) in [4.78, 5) is 4.67. The number of anilines is 5. The first kappa shape index (κ1) is 24.5. The van der Waals surface area contributed by atoms with E-state index in [2.05, 4.69) is 168 Å². The molecule has 0 heterocycles. The predicted octanol–water partition coefficient (Wildman–Crippen LogP) is 10.5. The highest BCUT2D eigenvalue weighted by molar-refractivity contribution is 5.79. The zero-order valence-corrected chi connectivity index (χ0v) is 22.2. The van der Waals surface area contributed by atoms with Crippen molar-refractivity contribution in [3.8, 4) is 11.1 Å². The Morgan fingerprint density at radius 3 is 1.36 bits per heavy atom. The number of hydrogen-bond acceptors (Lipinski definition) is 2. The Kier molecular flexibility index (Phi) is 7.09. The molecule has 39 heavy (non-hydrogen) atoms. The highest BCUT2D eigenvalue weighted by atomic mass is 15.2. The Bertz CT molecular complexity index is 1520. The Hall–Kier alpha value is -4.82. The van der Waals surface area contributed by atoms with E-state index < -0.39 is 0 Å². The number of aryl methyl sites for hydroxylation is 1. The number of benzene rings is 5. The number of allylic oxidation sites excluding steroid dienone is 4. The average molecular weight is 505 g/mol. The Labute approximate surface area is 231 Å². The van der Waals surface area contributed by atoms with E-state index in [0.29, 0.717) is 0 Å². The van der Waals surface area contributed by atoms with Gasteiger partial charge in [-0.15, -0.1) is 0 Å². The molecule has 0 aliphatic heterocycles. The van der Waals surface area contributed by atoms with Gasteiger partial charge in [0.2, 0.25) is 0 Å². The van der Waals surface area contributed by atoms with Gasteiger partial charge >= 0.3 is 0 Å². The molecule has 0 atom stereocenters. The quantitative estimate of drug-likeness (QED) is 0.217. The van der Waals surface area contributed by atoms with Crippen molar-refractivity contribution in [2.45, 2.75) is 19.8 Å². The number of para-hydroxylation sites is 2. The summed E-state index contributed by atoms with van der Waals surface area (Å²) in [5, 5.41) is 0. The third kappa shape index (κ3) is 5.42. The van der Waals surface area contributed by atoms with Gasteiger partial charge in [0.15, 0.2) is 0 Å². The van der Waals surface area contributed by atoms with E-state index in [9.17, 15) is 0 Å². The van der Waals surface area contributed by atoms with Gasteiger partial charge in [0.1, 0.15) is 0 Å². The Morgan fingerprint density at radius 1 is 0.462 bits per heavy atom. The maximum absolute atomic E-state index is 2.38. The molecule has 0 radical (unpaired) electrons. The summed E-state index contributed by atoms with van der Waals surface area (Å²) in [7, 11) is 0. The second-order valence-corrected chi connectivity index (χ2v) is 9.90. The minimum atomic E-state index is 1.03. The summed E-state index contributed by atoms with van der Waals surface area (Å²) < 4.78 is 0. The molecule has 2 heteroatoms. The lowest BCUT2D eigenvalue weighted by Crippen LogP contribution is -2.17. The van der Waals surface area contributed by atoms with Crippen LogP contribution < -0.4 is 9.80 Å². The van der Waals surface area contributed by atoms with Crippen LogP contribution in [0.15, 0.2) is 157 Å². The van der Waals surface area contributed by atoms with Gasteiger partial charge < -0.3 is 9.80 Å². The van der Waals surface area contributed by atoms with Crippen molar-refractivity contribution in [1.29, 1.82) is 0 Å². The second kappa shape index (κ2) is 11.3. The van der Waals surface area contributed by atoms with Gasteiger partial charge in [-0.05, 0) is 97.6 Å². The fourth-order valence-electron chi connectivity index (χ4n) is 5.16. The zero-order chi connectivity index (χ0) is 26.4. The lowest BCUT2D eigenvalue weighted by Gasteiger charge is -2.29. The molecule has 0 saturated carbocycles. The smallest absolute Gasteiger partial charge is 0.0462 e. The van der Waals surface area contributed by atoms with Gasteiger partial charge in [-0.25, -0.2) is 0 Å². The van der Waals surface area contributed by atoms with Crippen molar-refractivity contribution in [2.24, 2.45) is 0 Å². The first-order chi connectivity index (χ1) is 19.3. The van der Waals surface area contributed by atoms with Crippen LogP contribution in [0.25, 0.3) is 11.1 Å². The van der Waals surface area contributed by atoms with Crippen LogP contribution in [-0.4, -0.2) is 0 Å². The molecule has 5 aromatic carbocycles. The lowest BCUT2D eigenvalue weighted by molar-refractivity contribution is 0.917. The van der Waals surface area contributed by atoms with Gasteiger partial charge in [-0.3, -0.25) is 0 Å². The van der Waals surface area contributed by atoms with Gasteiger partial charge in [-0.1, -0.05) is 90.5 Å². The van der Waals surface area contributed by atoms with Crippen LogP contribution in [0, 0.1) is 6.92 Å². The summed E-state index contributed by atoms with van der Waals surface area (Å²) in [5.74, 6) is 0. The van der Waals surface area contributed by atoms with Crippen molar-refractivity contribution in [3.63, 3.8) is 0 Å². The molecule has 0 aromatic heterocycles. The van der Waals surface area contributed by atoms with Crippen LogP contribution in [0.1, 0.15) is 18.4 Å². The fourth-order valence-corrected chi connectivity index (χ4v) is 5.16. The van der Waals surface area contributed by atoms with E-state index in [0.717, 1.165) is 29.9 Å². The molecular weight excluding hydrogens is 472 g/mol. The first-order valence-electron chi connectivity index (χ1n) is 13.6. The number of rotatable bonds is 7. The van der Waals surface area contributed by atoms with Crippen LogP contribution in [0.4, 0.5) is 28.4 Å². The van der Waals surface area contributed by atoms with Gasteiger partial charge in [0, 0.05) is 34.1 Å². The third-order valence-corrected chi connectivity index (χ3v) is 7.18. The number of hydrogen-bond donors (Lipinski definition) is 0. The maximum atomic E-state index is 2.38. The largest absolute Gasteiger partial charge is 0.314 e. The highest BCUT2D eigenvalue weighted by Gasteiger charge is 2.16. The summed E-state index contributed by atoms with van der Waals surface area (Å²) in [6.45, 7) is 2.13. The van der Waals surface area contributed by atoms with Gasteiger partial charge in [0.25, 0.3) is 0 Å². The molecule has 0 spiro atoms. The summed E-state index contributed by atoms with van der Waals surface area (Å²) in [6, 6.07) is 47.6. The topological polar surface area (TPSA) is 6.48 Å². The molecule has 1 aliphatic carbocycles. The van der Waals surface area contributed by atoms with E-state index in [1.165, 1.54) is 33.8 Å². The molecule has 190 valence electrons. The monoisotopic (exact) mass is 504 g/mol. The minimum absolute atomic E-state index is 1.03. The van der Waals surface area contributed by atoms with E-state index in [4.69, 9.17) is 0 Å². The number of nitrogens with zero attached hydrogens (tertiary/aromatic N) is 2. The van der Waals surface area contributed by atoms with E-state index in [1.807, 2.05) is 0 Å². The van der Waals surface area contributed by atoms with Crippen molar-refractivity contribution >= 4 is 28.4 Å². The molecule has 6 rings (SSSR count). The van der Waals surface area contributed by atoms with Crippen LogP contribution in [0.5, 0.6) is 0 Å². The summed E-state index contributed by atoms with van der Waals surface area (Å²) in [5.41, 5.74) is 10.8. The Morgan fingerprint density at radius 2 is 0.897 bits per heavy atom. The van der Waals surface area contributed by atoms with E-state index in [-0.39, 0.29) is 0 Å². The van der Waals surface area contributed by atoms with Gasteiger partial charge in [-0.2, -0.15) is 0 Å². The minimum Gasteiger partial charge on any atom is -0.314 e. The molecule has 0 fully saturated rings. The van der Waals surface area contributed by atoms with Gasteiger partial charge in [0.05, 0.1) is 0 Å². The molecule has 2 nitrogen and oxygen atoms in total. The molecule has 0 amide bonds. The van der Waals surface area contributed by atoms with Crippen LogP contribution >= 0.6 is 0 Å². The second-order valence-electron chi connectivity index (χ2n) is 9.90. The SMILES string of the molecule is Cc1ccc(N(C2=CC=CCC2)c2ccc(-c3ccc(N(c4ccccc4)c4ccccc4)cc3)cc2)cc1. The molecule has 1 aliphatic rings. The maximum Gasteiger partial charge on any atom is 0.0462 e. The standard InChI is InChI=1S/C37H32N2/c1-29-17-23-35(24-18-29)39(34-15-9-4-10-16-34)37-27-21-31(22-28-37)30-19-25-36(26-20-30)38(32-11-5-2-6-12-32)33-13-7-3-8-14-33/h2-9,11-15,17-28H,10,16H2,1H3. The Balaban J connectivity index is 1.30. The molecular formula is C37H32N2. The average Bonchev–Trinajstić information content (AvgIpc) is 3.01. The first-order valence-corrected chi connectivity index (χ1v) is 13.6. The van der Waals surface area contributed by atoms with Crippen LogP contribution in [0.3, 0.4) is 0 Å². The predicted molar refractivity (Wildman–Crippen MR) is 166 cm³/mol. The lowest BCUT2D eigenvalue weighted by atomic mass is 10.0. The van der Waals surface area contributed by atoms with Crippen molar-refractivity contribution < 1.29 is 0 Å². The molecule has 0 bridgehead atoms. The molecule has 0 unspecified atom stereocenters. The van der Waals surface area contributed by atoms with Crippen LogP contribution in [-0.2, 0) is 0 Å². The molecule has 5 aromatic rings. The van der Waals surface area contributed by atoms with Crippen molar-refractivity contribution in [1.82, 2.24) is 0 Å². The van der Waals surface area contributed by atoms with E-state index >= 15 is 0 Å². The van der Waals surface area contributed by atoms with E-state index in [1.54, 1.807) is 0 Å². The zero-order valence-electron chi connectivity index (χ0n) is 22.2. The highest BCUT2D eigenvalue weighted by Crippen LogP contribution is 2.37. The van der Waals surface area contributed by atoms with Crippen molar-refractivity contribution in [3.05, 3.63) is 163 Å².